The Morgan fingerprint density at radius 3 is 2.21 bits per heavy atom. The van der Waals surface area contributed by atoms with Gasteiger partial charge in [-0.3, -0.25) is 19.2 Å². The monoisotopic (exact) mass is 518 g/mol. The highest BCUT2D eigenvalue weighted by Gasteiger charge is 2.41. The van der Waals surface area contributed by atoms with Gasteiger partial charge in [-0.15, -0.1) is 0 Å². The smallest absolute Gasteiger partial charge is 0.305 e. The van der Waals surface area contributed by atoms with E-state index in [4.69, 9.17) is 5.73 Å². The summed E-state index contributed by atoms with van der Waals surface area (Å²) in [7, 11) is 0. The van der Waals surface area contributed by atoms with Crippen molar-refractivity contribution in [2.45, 2.75) is 56.3 Å². The summed E-state index contributed by atoms with van der Waals surface area (Å²) in [6.07, 6.45) is 5.07. The fourth-order valence-electron chi connectivity index (χ4n) is 5.19. The predicted molar refractivity (Wildman–Crippen MR) is 142 cm³/mol. The average molecular weight is 519 g/mol. The summed E-state index contributed by atoms with van der Waals surface area (Å²) >= 11 is 0. The molecule has 0 aliphatic carbocycles. The Kier molecular flexibility index (Phi) is 8.91. The lowest BCUT2D eigenvalue weighted by Crippen LogP contribution is -2.56. The van der Waals surface area contributed by atoms with Crippen molar-refractivity contribution in [1.82, 2.24) is 15.1 Å². The summed E-state index contributed by atoms with van der Waals surface area (Å²) in [5, 5.41) is 12.2. The highest BCUT2D eigenvalue weighted by Crippen LogP contribution is 2.23. The number of carboxylic acids is 1. The number of amides is 3. The predicted octanol–water partition coefficient (Wildman–Crippen LogP) is 1.52. The summed E-state index contributed by atoms with van der Waals surface area (Å²) in [6.45, 7) is 0.668. The van der Waals surface area contributed by atoms with Crippen LogP contribution in [0.4, 0.5) is 0 Å². The summed E-state index contributed by atoms with van der Waals surface area (Å²) in [5.41, 5.74) is 8.07. The molecule has 9 heteroatoms. The van der Waals surface area contributed by atoms with Gasteiger partial charge in [0.1, 0.15) is 12.1 Å². The maximum absolute atomic E-state index is 13.6. The molecule has 2 aliphatic heterocycles. The molecule has 1 fully saturated rings. The van der Waals surface area contributed by atoms with E-state index >= 15 is 0 Å². The zero-order valence-corrected chi connectivity index (χ0v) is 21.2. The van der Waals surface area contributed by atoms with Crippen LogP contribution in [-0.2, 0) is 32.0 Å². The molecule has 0 unspecified atom stereocenters. The highest BCUT2D eigenvalue weighted by atomic mass is 16.4. The fraction of sp³-hybridized carbons (Fsp3) is 0.379. The van der Waals surface area contributed by atoms with Gasteiger partial charge in [-0.2, -0.15) is 0 Å². The van der Waals surface area contributed by atoms with Gasteiger partial charge >= 0.3 is 5.97 Å². The number of aliphatic carboxylic acids is 1. The molecule has 0 bridgehead atoms. The largest absolute Gasteiger partial charge is 0.481 e. The number of carbonyl (C=O) groups excluding carboxylic acids is 3. The van der Waals surface area contributed by atoms with E-state index in [-0.39, 0.29) is 30.7 Å². The SMILES string of the molecule is N[C@@H](Cc1ccccc1)C(=O)N1CC=C[C@H]1C(=O)N1CCC[C@H]1C(=O)N[C@H](CC(=O)O)Cc1ccccc1. The van der Waals surface area contributed by atoms with Crippen LogP contribution in [0.15, 0.2) is 72.8 Å². The molecule has 9 nitrogen and oxygen atoms in total. The number of carbonyl (C=O) groups is 4. The minimum Gasteiger partial charge on any atom is -0.481 e. The molecule has 0 radical (unpaired) electrons. The Hall–Kier alpha value is -3.98. The molecule has 3 amide bonds. The van der Waals surface area contributed by atoms with Gasteiger partial charge in [-0.05, 0) is 36.8 Å². The molecule has 4 N–H and O–H groups in total. The molecule has 0 spiro atoms. The van der Waals surface area contributed by atoms with Crippen LogP contribution in [0.5, 0.6) is 0 Å². The quantitative estimate of drug-likeness (QED) is 0.409. The van der Waals surface area contributed by atoms with Crippen LogP contribution in [0.1, 0.15) is 30.4 Å². The average Bonchev–Trinajstić information content (AvgIpc) is 3.59. The van der Waals surface area contributed by atoms with Gasteiger partial charge in [0.05, 0.1) is 12.5 Å². The van der Waals surface area contributed by atoms with Crippen molar-refractivity contribution in [2.24, 2.45) is 5.73 Å². The first-order valence-electron chi connectivity index (χ1n) is 13.0. The van der Waals surface area contributed by atoms with Gasteiger partial charge in [0.2, 0.25) is 17.7 Å². The van der Waals surface area contributed by atoms with E-state index in [1.807, 2.05) is 60.7 Å². The number of rotatable bonds is 10. The lowest BCUT2D eigenvalue weighted by atomic mass is 10.0. The molecular formula is C29H34N4O5. The molecule has 200 valence electrons. The Morgan fingerprint density at radius 1 is 0.947 bits per heavy atom. The lowest BCUT2D eigenvalue weighted by Gasteiger charge is -2.32. The molecular weight excluding hydrogens is 484 g/mol. The molecule has 4 rings (SSSR count). The van der Waals surface area contributed by atoms with Gasteiger partial charge in [0.15, 0.2) is 0 Å². The van der Waals surface area contributed by atoms with Gasteiger partial charge in [-0.1, -0.05) is 72.8 Å². The van der Waals surface area contributed by atoms with Gasteiger partial charge < -0.3 is 26.0 Å². The summed E-state index contributed by atoms with van der Waals surface area (Å²) < 4.78 is 0. The number of nitrogens with zero attached hydrogens (tertiary/aromatic N) is 2. The number of benzene rings is 2. The number of carboxylic acid groups (broad SMARTS) is 1. The second kappa shape index (κ2) is 12.5. The van der Waals surface area contributed by atoms with E-state index in [0.29, 0.717) is 32.2 Å². The van der Waals surface area contributed by atoms with E-state index < -0.39 is 30.1 Å². The number of hydrogen-bond donors (Lipinski definition) is 3. The van der Waals surface area contributed by atoms with Crippen molar-refractivity contribution in [3.8, 4) is 0 Å². The standard InChI is InChI=1S/C29H34N4O5/c30-23(18-21-11-5-2-6-12-21)28(37)33-16-8-14-25(33)29(38)32-15-7-13-24(32)27(36)31-22(19-26(34)35)17-20-9-3-1-4-10-20/h1-6,8-12,14,22-25H,7,13,15-19,30H2,(H,31,36)(H,34,35)/t22-,23-,24-,25-/m0/s1. The lowest BCUT2D eigenvalue weighted by molar-refractivity contribution is -0.146. The van der Waals surface area contributed by atoms with E-state index in [1.165, 1.54) is 9.80 Å². The Balaban J connectivity index is 1.41. The van der Waals surface area contributed by atoms with Crippen molar-refractivity contribution >= 4 is 23.7 Å². The first kappa shape index (κ1) is 27.1. The third kappa shape index (κ3) is 6.66. The topological polar surface area (TPSA) is 133 Å². The first-order chi connectivity index (χ1) is 18.3. The maximum atomic E-state index is 13.6. The molecule has 1 saturated heterocycles. The van der Waals surface area contributed by atoms with Crippen LogP contribution in [0.3, 0.4) is 0 Å². The molecule has 2 aliphatic rings. The molecule has 2 aromatic rings. The third-order valence-electron chi connectivity index (χ3n) is 7.04. The zero-order valence-electron chi connectivity index (χ0n) is 21.2. The minimum absolute atomic E-state index is 0.228. The third-order valence-corrected chi connectivity index (χ3v) is 7.04. The number of likely N-dealkylation sites (tertiary alicyclic amines) is 1. The molecule has 38 heavy (non-hydrogen) atoms. The Morgan fingerprint density at radius 2 is 1.58 bits per heavy atom. The highest BCUT2D eigenvalue weighted by molar-refractivity contribution is 5.95. The Bertz CT molecular complexity index is 1170. The van der Waals surface area contributed by atoms with Crippen molar-refractivity contribution in [2.75, 3.05) is 13.1 Å². The van der Waals surface area contributed by atoms with Crippen molar-refractivity contribution in [1.29, 1.82) is 0 Å². The summed E-state index contributed by atoms with van der Waals surface area (Å²) in [6, 6.07) is 15.9. The van der Waals surface area contributed by atoms with Crippen LogP contribution in [0.25, 0.3) is 0 Å². The fourth-order valence-corrected chi connectivity index (χ4v) is 5.19. The normalized spacial score (nSPS) is 20.2. The first-order valence-corrected chi connectivity index (χ1v) is 13.0. The van der Waals surface area contributed by atoms with Crippen LogP contribution < -0.4 is 11.1 Å². The zero-order chi connectivity index (χ0) is 27.1. The number of hydrogen-bond acceptors (Lipinski definition) is 5. The van der Waals surface area contributed by atoms with Crippen LogP contribution >= 0.6 is 0 Å². The van der Waals surface area contributed by atoms with Crippen LogP contribution in [-0.4, -0.2) is 75.9 Å². The van der Waals surface area contributed by atoms with Crippen molar-refractivity contribution < 1.29 is 24.3 Å². The maximum Gasteiger partial charge on any atom is 0.305 e. The van der Waals surface area contributed by atoms with Gasteiger partial charge in [0.25, 0.3) is 0 Å². The van der Waals surface area contributed by atoms with Gasteiger partial charge in [0, 0.05) is 19.1 Å². The summed E-state index contributed by atoms with van der Waals surface area (Å²) in [4.78, 5) is 54.4. The number of nitrogens with one attached hydrogen (secondary N) is 1. The second-order valence-corrected chi connectivity index (χ2v) is 9.84. The van der Waals surface area contributed by atoms with Crippen molar-refractivity contribution in [3.05, 3.63) is 83.9 Å². The second-order valence-electron chi connectivity index (χ2n) is 9.84. The van der Waals surface area contributed by atoms with E-state index in [0.717, 1.165) is 11.1 Å². The molecule has 4 atom stereocenters. The van der Waals surface area contributed by atoms with Crippen LogP contribution in [0.2, 0.25) is 0 Å². The van der Waals surface area contributed by atoms with Crippen molar-refractivity contribution in [3.63, 3.8) is 0 Å². The van der Waals surface area contributed by atoms with E-state index in [9.17, 15) is 24.3 Å². The van der Waals surface area contributed by atoms with E-state index in [1.54, 1.807) is 12.2 Å². The number of nitrogens with two attached hydrogens (primary N) is 1. The van der Waals surface area contributed by atoms with Gasteiger partial charge in [-0.25, -0.2) is 0 Å². The van der Waals surface area contributed by atoms with E-state index in [2.05, 4.69) is 5.32 Å². The Labute approximate surface area is 222 Å². The molecule has 0 aromatic heterocycles. The molecule has 2 heterocycles. The minimum atomic E-state index is -1.01. The summed E-state index contributed by atoms with van der Waals surface area (Å²) in [5.74, 6) is -2.03. The molecule has 0 saturated carbocycles. The molecule has 2 aromatic carbocycles. The van der Waals surface area contributed by atoms with Crippen LogP contribution in [0, 0.1) is 0 Å².